The van der Waals surface area contributed by atoms with E-state index in [0.29, 0.717) is 84.4 Å². The molecule has 0 spiro atoms. The number of Topliss-reactive ketones (excluding diaryl/α,β-unsaturated/α-hetero) is 1. The summed E-state index contributed by atoms with van der Waals surface area (Å²) < 4.78 is 40.0. The lowest BCUT2D eigenvalue weighted by atomic mass is 9.87. The van der Waals surface area contributed by atoms with Crippen molar-refractivity contribution in [1.82, 2.24) is 51.5 Å². The molecule has 11 amide bonds. The third-order valence-electron chi connectivity index (χ3n) is 21.5. The monoisotopic (exact) mass is 1650 g/mol. The zero-order valence-corrected chi connectivity index (χ0v) is 69.6. The van der Waals surface area contributed by atoms with Crippen LogP contribution < -0.4 is 51.4 Å². The Morgan fingerprint density at radius 3 is 2.09 bits per heavy atom. The average molecular weight is 1650 g/mol. The highest BCUT2D eigenvalue weighted by Gasteiger charge is 2.46. The van der Waals surface area contributed by atoms with Crippen molar-refractivity contribution < 1.29 is 95.5 Å². The number of cyclic esters (lactones) is 2. The molecule has 2 bridgehead atoms. The third-order valence-corrected chi connectivity index (χ3v) is 23.0. The number of fused-ring (bicyclic) bond motifs is 5. The summed E-state index contributed by atoms with van der Waals surface area (Å²) in [5.41, 5.74) is 0.896. The SMILES string of the molecule is COc1ccc(CC[C@H]2OC(=O)[C@@H]3CCCCN3C(=O)C(=O)C(C)(C)COC(=O)C=CCCN(C)C(=O)[C@H](CC(C)C)N(C)C(=O)[C@@H]3CCCN3C(=O)[C@H](Cc3ccc(OCC(=O)NCCOCCOCCNC(=O)CCCCC4SCC5NC(=O)NC54)cc3)NC(=O)[C@H](c3ccccc3)NC(=O)CCC(=O)Nc3cccc2c3)cc1OC. The maximum absolute atomic E-state index is 15.4. The van der Waals surface area contributed by atoms with Gasteiger partial charge in [-0.05, 0) is 149 Å². The summed E-state index contributed by atoms with van der Waals surface area (Å²) in [6.07, 6.45) is 6.58. The van der Waals surface area contributed by atoms with Crippen molar-refractivity contribution in [2.75, 3.05) is 112 Å². The Bertz CT molecular complexity index is 4170. The number of urea groups is 1. The number of unbranched alkanes of at least 4 members (excludes halogenated alkanes) is 1. The van der Waals surface area contributed by atoms with Gasteiger partial charge in [0.25, 0.3) is 11.8 Å². The van der Waals surface area contributed by atoms with Crippen LogP contribution in [0, 0.1) is 11.3 Å². The summed E-state index contributed by atoms with van der Waals surface area (Å²) in [6, 6.07) is 21.1. The smallest absolute Gasteiger partial charge is 0.330 e. The van der Waals surface area contributed by atoms with E-state index in [1.807, 2.05) is 31.7 Å². The molecule has 31 nitrogen and oxygen atoms in total. The van der Waals surface area contributed by atoms with Gasteiger partial charge < -0.3 is 90.0 Å². The minimum atomic E-state index is -1.54. The molecule has 640 valence electrons. The lowest BCUT2D eigenvalue weighted by Crippen LogP contribution is -2.58. The second-order valence-corrected chi connectivity index (χ2v) is 32.6. The maximum Gasteiger partial charge on any atom is 0.330 e. The zero-order chi connectivity index (χ0) is 84.8. The van der Waals surface area contributed by atoms with E-state index in [-0.39, 0.29) is 133 Å². The van der Waals surface area contributed by atoms with Gasteiger partial charge in [0, 0.05) is 95.3 Å². The molecule has 4 fully saturated rings. The number of carbonyl (C=O) groups is 13. The van der Waals surface area contributed by atoms with Crippen LogP contribution in [0.15, 0.2) is 109 Å². The molecule has 0 aromatic heterocycles. The number of ketones is 1. The number of hydrogen-bond acceptors (Lipinski definition) is 21. The molecule has 7 N–H and O–H groups in total. The number of thioether (sulfide) groups is 1. The largest absolute Gasteiger partial charge is 0.493 e. The molecule has 3 unspecified atom stereocenters. The van der Waals surface area contributed by atoms with Crippen LogP contribution in [0.2, 0.25) is 0 Å². The van der Waals surface area contributed by atoms with E-state index in [2.05, 4.69) is 37.2 Å². The molecule has 4 saturated heterocycles. The molecule has 0 saturated carbocycles. The number of hydrogen-bond donors (Lipinski definition) is 7. The van der Waals surface area contributed by atoms with Crippen LogP contribution in [0.1, 0.15) is 152 Å². The Labute approximate surface area is 693 Å². The van der Waals surface area contributed by atoms with Gasteiger partial charge in [0.15, 0.2) is 18.1 Å². The molecule has 5 heterocycles. The number of amides is 11. The highest BCUT2D eigenvalue weighted by molar-refractivity contribution is 8.00. The number of carbonyl (C=O) groups excluding carboxylic acids is 13. The molecule has 9 rings (SSSR count). The summed E-state index contributed by atoms with van der Waals surface area (Å²) in [5.74, 6) is -5.40. The molecule has 9 atom stereocenters. The topological polar surface area (TPSA) is 384 Å². The molecule has 0 radical (unpaired) electrons. The first-order chi connectivity index (χ1) is 56.7. The Balaban J connectivity index is 0.872. The number of ether oxygens (including phenoxy) is 7. The number of nitrogens with zero attached hydrogens (tertiary/aromatic N) is 4. The van der Waals surface area contributed by atoms with Gasteiger partial charge in [-0.3, -0.25) is 47.9 Å². The van der Waals surface area contributed by atoms with E-state index in [0.717, 1.165) is 36.7 Å². The van der Waals surface area contributed by atoms with E-state index < -0.39 is 120 Å². The second-order valence-electron chi connectivity index (χ2n) is 31.3. The third kappa shape index (κ3) is 27.0. The van der Waals surface area contributed by atoms with E-state index in [4.69, 9.17) is 33.2 Å². The molecular weight excluding hydrogens is 1540 g/mol. The number of piperidine rings is 1. The fourth-order valence-corrected chi connectivity index (χ4v) is 16.4. The van der Waals surface area contributed by atoms with Crippen molar-refractivity contribution >= 4 is 94.4 Å². The summed E-state index contributed by atoms with van der Waals surface area (Å²) in [7, 11) is 6.12. The molecule has 4 aromatic carbocycles. The minimum Gasteiger partial charge on any atom is -0.493 e. The summed E-state index contributed by atoms with van der Waals surface area (Å²) in [6.45, 7) is 7.81. The summed E-state index contributed by atoms with van der Waals surface area (Å²) in [4.78, 5) is 187. The predicted octanol–water partition coefficient (Wildman–Crippen LogP) is 6.40. The number of rotatable bonds is 27. The molecular formula is C86H115N11O20S. The van der Waals surface area contributed by atoms with E-state index >= 15 is 14.4 Å². The minimum absolute atomic E-state index is 0.0458. The van der Waals surface area contributed by atoms with E-state index in [1.165, 1.54) is 60.8 Å². The van der Waals surface area contributed by atoms with Gasteiger partial charge in [0.05, 0.1) is 58.1 Å². The van der Waals surface area contributed by atoms with Crippen molar-refractivity contribution in [3.05, 3.63) is 131 Å². The number of benzene rings is 4. The quantitative estimate of drug-likeness (QED) is 0.0147. The normalized spacial score (nSPS) is 23.0. The Morgan fingerprint density at radius 2 is 1.36 bits per heavy atom. The molecule has 118 heavy (non-hydrogen) atoms. The van der Waals surface area contributed by atoms with Crippen LogP contribution in [-0.4, -0.2) is 244 Å². The highest BCUT2D eigenvalue weighted by atomic mass is 32.2. The maximum atomic E-state index is 15.4. The second kappa shape index (κ2) is 45.4. The number of esters is 2. The van der Waals surface area contributed by atoms with Crippen LogP contribution in [0.3, 0.4) is 0 Å². The fraction of sp³-hybridized carbons (Fsp3) is 0.547. The number of nitrogens with one attached hydrogen (secondary N) is 7. The number of methoxy groups -OCH3 is 2. The standard InChI is InChI=1S/C86H115N11O20S/c1-55(2)48-66-81(106)94(5)41-16-15-28-75(102)116-54-86(3,4)78(103)83(108)97-42-17-14-24-65(97)84(109)117-67(35-31-57-32-36-68(111-7)69(50-57)112-8)59-22-18-23-60(51-59)89-72(99)37-38-73(100)92-76(58-20-10-9-11-21-58)79(104)90-62(80(105)96-43-19-25-64(96)82(107)95(66)6)49-56-29-33-61(34-30-56)115-52-74(101)88-40-45-114-47-46-113-44-39-87-71(98)27-13-12-26-70-77-63(53-118-70)91-85(110)93-77/h9-11,15,18,20-23,28-30,32-34,36,50-51,55,62-67,70,76-77H,12-14,16-17,19,24-27,31,35,37-49,52-54H2,1-8H3,(H,87,98)(H,88,101)(H,89,99)(H,90,104)(H,92,100)(H2,91,93,110)/t62-,63?,64-,65-,66-,67+,70?,76-,77?/m0/s1. The Kier molecular flexibility index (Phi) is 35.1. The van der Waals surface area contributed by atoms with Crippen LogP contribution in [0.4, 0.5) is 10.5 Å². The van der Waals surface area contributed by atoms with Crippen molar-refractivity contribution in [2.24, 2.45) is 11.3 Å². The number of anilines is 1. The van der Waals surface area contributed by atoms with Crippen molar-refractivity contribution in [1.29, 1.82) is 0 Å². The first kappa shape index (κ1) is 91.3. The van der Waals surface area contributed by atoms with Crippen LogP contribution >= 0.6 is 11.8 Å². The lowest BCUT2D eigenvalue weighted by molar-refractivity contribution is -0.165. The zero-order valence-electron chi connectivity index (χ0n) is 68.8. The van der Waals surface area contributed by atoms with E-state index in [1.54, 1.807) is 98.0 Å². The predicted molar refractivity (Wildman–Crippen MR) is 439 cm³/mol. The molecule has 32 heteroatoms. The summed E-state index contributed by atoms with van der Waals surface area (Å²) in [5, 5.41) is 20.5. The van der Waals surface area contributed by atoms with Gasteiger partial charge in [-0.15, -0.1) is 0 Å². The molecule has 5 aliphatic heterocycles. The average Bonchev–Trinajstić information content (AvgIpc) is 1.46. The van der Waals surface area contributed by atoms with Gasteiger partial charge >= 0.3 is 18.0 Å². The Hall–Kier alpha value is -10.6. The Morgan fingerprint density at radius 1 is 0.669 bits per heavy atom. The number of aryl methyl sites for hydroxylation is 1. The van der Waals surface area contributed by atoms with Crippen molar-refractivity contribution in [2.45, 2.75) is 184 Å². The first-order valence-electron chi connectivity index (χ1n) is 40.8. The van der Waals surface area contributed by atoms with Crippen molar-refractivity contribution in [3.63, 3.8) is 0 Å². The van der Waals surface area contributed by atoms with Gasteiger partial charge in [0.2, 0.25) is 47.1 Å². The van der Waals surface area contributed by atoms with Gasteiger partial charge in [-0.25, -0.2) is 14.4 Å². The summed E-state index contributed by atoms with van der Waals surface area (Å²) >= 11 is 1.86. The lowest BCUT2D eigenvalue weighted by Gasteiger charge is -2.36. The van der Waals surface area contributed by atoms with Gasteiger partial charge in [0.1, 0.15) is 48.7 Å². The van der Waals surface area contributed by atoms with Crippen LogP contribution in [0.25, 0.3) is 0 Å². The highest BCUT2D eigenvalue weighted by Crippen LogP contribution is 2.36. The van der Waals surface area contributed by atoms with Crippen molar-refractivity contribution in [3.8, 4) is 17.2 Å². The van der Waals surface area contributed by atoms with Gasteiger partial charge in [-0.1, -0.05) is 87.0 Å². The molecule has 0 aliphatic carbocycles. The van der Waals surface area contributed by atoms with E-state index in [9.17, 15) is 47.9 Å². The number of likely N-dealkylation sites (N-methyl/N-ethyl adjacent to an activating group) is 2. The first-order valence-corrected chi connectivity index (χ1v) is 41.8. The van der Waals surface area contributed by atoms with Crippen LogP contribution in [0.5, 0.6) is 17.2 Å². The molecule has 4 aromatic rings. The van der Waals surface area contributed by atoms with Gasteiger partial charge in [-0.2, -0.15) is 11.8 Å². The van der Waals surface area contributed by atoms with Crippen LogP contribution in [-0.2, 0) is 89.3 Å². The molecule has 5 aliphatic rings. The fourth-order valence-electron chi connectivity index (χ4n) is 14.9.